The first kappa shape index (κ1) is 13.5. The van der Waals surface area contributed by atoms with E-state index in [-0.39, 0.29) is 5.56 Å². The van der Waals surface area contributed by atoms with Gasteiger partial charge in [-0.2, -0.15) is 5.10 Å². The third-order valence-electron chi connectivity index (χ3n) is 2.63. The average Bonchev–Trinajstić information content (AvgIpc) is 2.78. The van der Waals surface area contributed by atoms with E-state index < -0.39 is 11.7 Å². The van der Waals surface area contributed by atoms with Gasteiger partial charge in [-0.3, -0.25) is 9.48 Å². The molecule has 0 fully saturated rings. The number of carbonyl (C=O) groups is 1. The number of halogens is 2. The lowest BCUT2D eigenvalue weighted by Crippen LogP contribution is -2.26. The number of aromatic nitrogens is 2. The van der Waals surface area contributed by atoms with Gasteiger partial charge in [-0.15, -0.1) is 0 Å². The highest BCUT2D eigenvalue weighted by molar-refractivity contribution is 6.30. The van der Waals surface area contributed by atoms with Gasteiger partial charge in [-0.1, -0.05) is 11.6 Å². The third-order valence-corrected chi connectivity index (χ3v) is 2.87. The lowest BCUT2D eigenvalue weighted by molar-refractivity contribution is 0.0950. The molecule has 1 N–H and O–H groups in total. The molecule has 1 amide bonds. The van der Waals surface area contributed by atoms with Crippen LogP contribution in [0.25, 0.3) is 0 Å². The maximum absolute atomic E-state index is 13.4. The molecule has 0 aliphatic heterocycles. The van der Waals surface area contributed by atoms with E-state index in [2.05, 4.69) is 10.4 Å². The third kappa shape index (κ3) is 3.54. The summed E-state index contributed by atoms with van der Waals surface area (Å²) >= 11 is 5.74. The number of benzene rings is 1. The Bertz CT molecular complexity index is 597. The summed E-state index contributed by atoms with van der Waals surface area (Å²) in [7, 11) is 1.82. The molecular formula is C13H13ClFN3O. The molecule has 0 spiro atoms. The summed E-state index contributed by atoms with van der Waals surface area (Å²) in [5.74, 6) is -1.05. The van der Waals surface area contributed by atoms with Gasteiger partial charge in [-0.05, 0) is 30.2 Å². The van der Waals surface area contributed by atoms with Gasteiger partial charge < -0.3 is 5.32 Å². The number of amides is 1. The highest BCUT2D eigenvalue weighted by atomic mass is 35.5. The van der Waals surface area contributed by atoms with Gasteiger partial charge in [0.2, 0.25) is 0 Å². The van der Waals surface area contributed by atoms with Gasteiger partial charge >= 0.3 is 0 Å². The molecule has 0 atom stereocenters. The summed E-state index contributed by atoms with van der Waals surface area (Å²) in [6, 6.07) is 3.90. The second-order valence-electron chi connectivity index (χ2n) is 4.15. The molecule has 19 heavy (non-hydrogen) atoms. The summed E-state index contributed by atoms with van der Waals surface area (Å²) < 4.78 is 15.1. The minimum atomic E-state index is -0.580. The molecule has 0 aliphatic carbocycles. The molecule has 0 radical (unpaired) electrons. The van der Waals surface area contributed by atoms with Crippen molar-refractivity contribution in [1.29, 1.82) is 0 Å². The van der Waals surface area contributed by atoms with E-state index in [4.69, 9.17) is 11.6 Å². The van der Waals surface area contributed by atoms with Gasteiger partial charge in [0.25, 0.3) is 5.91 Å². The maximum atomic E-state index is 13.4. The molecule has 0 bridgehead atoms. The van der Waals surface area contributed by atoms with Crippen LogP contribution in [0.4, 0.5) is 4.39 Å². The highest BCUT2D eigenvalue weighted by Gasteiger charge is 2.11. The zero-order valence-corrected chi connectivity index (χ0v) is 11.1. The van der Waals surface area contributed by atoms with Crippen molar-refractivity contribution in [3.05, 3.63) is 52.6 Å². The minimum absolute atomic E-state index is 0.0429. The second-order valence-corrected chi connectivity index (χ2v) is 4.59. The van der Waals surface area contributed by atoms with Crippen LogP contribution in [0, 0.1) is 5.82 Å². The van der Waals surface area contributed by atoms with Crippen molar-refractivity contribution in [2.45, 2.75) is 6.42 Å². The largest absolute Gasteiger partial charge is 0.352 e. The zero-order chi connectivity index (χ0) is 13.8. The van der Waals surface area contributed by atoms with Gasteiger partial charge in [-0.25, -0.2) is 4.39 Å². The fourth-order valence-electron chi connectivity index (χ4n) is 1.69. The molecule has 1 aromatic carbocycles. The number of nitrogens with zero attached hydrogens (tertiary/aromatic N) is 2. The Kier molecular flexibility index (Phi) is 4.16. The SMILES string of the molecule is Cn1cc(CCNC(=O)c2cc(Cl)ccc2F)cn1. The first-order valence-corrected chi connectivity index (χ1v) is 6.15. The van der Waals surface area contributed by atoms with E-state index >= 15 is 0 Å². The summed E-state index contributed by atoms with van der Waals surface area (Å²) in [5, 5.41) is 7.01. The summed E-state index contributed by atoms with van der Waals surface area (Å²) in [5.41, 5.74) is 0.966. The van der Waals surface area contributed by atoms with E-state index in [0.717, 1.165) is 5.56 Å². The fraction of sp³-hybridized carbons (Fsp3) is 0.231. The number of hydrogen-bond donors (Lipinski definition) is 1. The van der Waals surface area contributed by atoms with E-state index in [1.54, 1.807) is 10.9 Å². The van der Waals surface area contributed by atoms with E-state index in [9.17, 15) is 9.18 Å². The highest BCUT2D eigenvalue weighted by Crippen LogP contribution is 2.14. The molecule has 100 valence electrons. The molecule has 2 rings (SSSR count). The van der Waals surface area contributed by atoms with Crippen LogP contribution in [-0.4, -0.2) is 22.2 Å². The normalized spacial score (nSPS) is 10.5. The quantitative estimate of drug-likeness (QED) is 0.934. The molecule has 0 saturated heterocycles. The number of carbonyl (C=O) groups excluding carboxylic acids is 1. The van der Waals surface area contributed by atoms with Crippen LogP contribution in [-0.2, 0) is 13.5 Å². The monoisotopic (exact) mass is 281 g/mol. The van der Waals surface area contributed by atoms with Crippen molar-refractivity contribution in [2.75, 3.05) is 6.54 Å². The number of hydrogen-bond acceptors (Lipinski definition) is 2. The van der Waals surface area contributed by atoms with Crippen LogP contribution in [0.2, 0.25) is 5.02 Å². The Morgan fingerprint density at radius 1 is 1.53 bits per heavy atom. The Balaban J connectivity index is 1.92. The van der Waals surface area contributed by atoms with Crippen LogP contribution < -0.4 is 5.32 Å². The Labute approximate surface area is 115 Å². The van der Waals surface area contributed by atoms with Crippen molar-refractivity contribution in [3.63, 3.8) is 0 Å². The van der Waals surface area contributed by atoms with E-state index in [1.807, 2.05) is 13.2 Å². The lowest BCUT2D eigenvalue weighted by atomic mass is 10.2. The lowest BCUT2D eigenvalue weighted by Gasteiger charge is -2.05. The number of rotatable bonds is 4. The smallest absolute Gasteiger partial charge is 0.254 e. The molecule has 6 heteroatoms. The molecule has 4 nitrogen and oxygen atoms in total. The van der Waals surface area contributed by atoms with Gasteiger partial charge in [0.05, 0.1) is 11.8 Å². The van der Waals surface area contributed by atoms with E-state index in [0.29, 0.717) is 18.0 Å². The average molecular weight is 282 g/mol. The topological polar surface area (TPSA) is 46.9 Å². The van der Waals surface area contributed by atoms with Crippen molar-refractivity contribution >= 4 is 17.5 Å². The van der Waals surface area contributed by atoms with Crippen molar-refractivity contribution in [3.8, 4) is 0 Å². The molecule has 2 aromatic rings. The first-order valence-electron chi connectivity index (χ1n) is 5.77. The Morgan fingerprint density at radius 3 is 3.00 bits per heavy atom. The summed E-state index contributed by atoms with van der Waals surface area (Å²) in [6.45, 7) is 0.413. The van der Waals surface area contributed by atoms with E-state index in [1.165, 1.54) is 18.2 Å². The zero-order valence-electron chi connectivity index (χ0n) is 10.4. The van der Waals surface area contributed by atoms with Crippen LogP contribution in [0.1, 0.15) is 15.9 Å². The van der Waals surface area contributed by atoms with Gasteiger partial charge in [0, 0.05) is 24.8 Å². The molecule has 0 unspecified atom stereocenters. The summed E-state index contributed by atoms with van der Waals surface area (Å²) in [6.07, 6.45) is 4.24. The predicted molar refractivity (Wildman–Crippen MR) is 70.7 cm³/mol. The Morgan fingerprint density at radius 2 is 2.32 bits per heavy atom. The predicted octanol–water partition coefficient (Wildman–Crippen LogP) is 2.19. The standard InChI is InChI=1S/C13H13ClFN3O/c1-18-8-9(7-17-18)4-5-16-13(19)11-6-10(14)2-3-12(11)15/h2-3,6-8H,4-5H2,1H3,(H,16,19). The second kappa shape index (κ2) is 5.84. The fourth-order valence-corrected chi connectivity index (χ4v) is 1.86. The number of nitrogens with one attached hydrogen (secondary N) is 1. The Hall–Kier alpha value is -1.88. The van der Waals surface area contributed by atoms with Crippen molar-refractivity contribution < 1.29 is 9.18 Å². The first-order chi connectivity index (χ1) is 9.06. The van der Waals surface area contributed by atoms with Gasteiger partial charge in [0.1, 0.15) is 5.82 Å². The van der Waals surface area contributed by atoms with Crippen LogP contribution in [0.15, 0.2) is 30.6 Å². The molecule has 0 aliphatic rings. The van der Waals surface area contributed by atoms with Crippen LogP contribution in [0.3, 0.4) is 0 Å². The van der Waals surface area contributed by atoms with Crippen LogP contribution >= 0.6 is 11.6 Å². The minimum Gasteiger partial charge on any atom is -0.352 e. The summed E-state index contributed by atoms with van der Waals surface area (Å²) in [4.78, 5) is 11.8. The molecule has 1 aromatic heterocycles. The van der Waals surface area contributed by atoms with Crippen molar-refractivity contribution in [1.82, 2.24) is 15.1 Å². The molecule has 0 saturated carbocycles. The van der Waals surface area contributed by atoms with Crippen molar-refractivity contribution in [2.24, 2.45) is 7.05 Å². The molecule has 1 heterocycles. The number of aryl methyl sites for hydroxylation is 1. The maximum Gasteiger partial charge on any atom is 0.254 e. The molecular weight excluding hydrogens is 269 g/mol. The van der Waals surface area contributed by atoms with Gasteiger partial charge in [0.15, 0.2) is 0 Å². The van der Waals surface area contributed by atoms with Crippen LogP contribution in [0.5, 0.6) is 0 Å².